The SMILES string of the molecule is CC(OC(=O)C1CC(O)CN1C(=O)C12CC3CC(CC(C3)C1)C2)C(=O)Nc1sccc1C#N. The fourth-order valence-corrected chi connectivity index (χ4v) is 7.69. The van der Waals surface area contributed by atoms with Crippen molar-refractivity contribution in [3.8, 4) is 6.07 Å². The number of nitrogens with zero attached hydrogens (tertiary/aromatic N) is 2. The van der Waals surface area contributed by atoms with Gasteiger partial charge in [0, 0.05) is 13.0 Å². The highest BCUT2D eigenvalue weighted by Crippen LogP contribution is 2.60. The topological polar surface area (TPSA) is 120 Å². The molecule has 33 heavy (non-hydrogen) atoms. The average molecular weight is 472 g/mol. The molecule has 2 amide bonds. The minimum atomic E-state index is -1.10. The lowest BCUT2D eigenvalue weighted by Crippen LogP contribution is -2.56. The van der Waals surface area contributed by atoms with E-state index in [0.29, 0.717) is 28.3 Å². The molecule has 2 N–H and O–H groups in total. The van der Waals surface area contributed by atoms with Crippen LogP contribution in [0.15, 0.2) is 11.4 Å². The van der Waals surface area contributed by atoms with Gasteiger partial charge in [0.05, 0.1) is 17.1 Å². The van der Waals surface area contributed by atoms with E-state index in [-0.39, 0.29) is 18.9 Å². The number of thiophene rings is 1. The maximum absolute atomic E-state index is 13.8. The predicted molar refractivity (Wildman–Crippen MR) is 120 cm³/mol. The molecule has 1 aromatic rings. The molecule has 1 saturated heterocycles. The monoisotopic (exact) mass is 471 g/mol. The number of aliphatic hydroxyl groups is 1. The quantitative estimate of drug-likeness (QED) is 0.637. The number of likely N-dealkylation sites (tertiary alicyclic amines) is 1. The van der Waals surface area contributed by atoms with Gasteiger partial charge >= 0.3 is 5.97 Å². The van der Waals surface area contributed by atoms with Crippen molar-refractivity contribution in [2.45, 2.75) is 70.1 Å². The molecule has 4 aliphatic carbocycles. The van der Waals surface area contributed by atoms with Crippen LogP contribution in [0.1, 0.15) is 57.4 Å². The number of nitrogens with one attached hydrogen (secondary N) is 1. The van der Waals surface area contributed by atoms with Crippen molar-refractivity contribution in [1.82, 2.24) is 4.90 Å². The Morgan fingerprint density at radius 3 is 2.45 bits per heavy atom. The third-order valence-corrected chi connectivity index (χ3v) is 8.82. The minimum absolute atomic E-state index is 0.0190. The van der Waals surface area contributed by atoms with E-state index in [1.165, 1.54) is 42.4 Å². The Morgan fingerprint density at radius 2 is 1.85 bits per heavy atom. The molecule has 1 aliphatic heterocycles. The van der Waals surface area contributed by atoms with Crippen molar-refractivity contribution >= 4 is 34.1 Å². The summed E-state index contributed by atoms with van der Waals surface area (Å²) in [6.07, 6.45) is 4.53. The summed E-state index contributed by atoms with van der Waals surface area (Å²) in [4.78, 5) is 40.8. The van der Waals surface area contributed by atoms with Gasteiger partial charge in [0.15, 0.2) is 6.10 Å². The van der Waals surface area contributed by atoms with Crippen molar-refractivity contribution in [3.05, 3.63) is 17.0 Å². The number of esters is 1. The van der Waals surface area contributed by atoms with E-state index in [4.69, 9.17) is 10.00 Å². The molecule has 4 bridgehead atoms. The van der Waals surface area contributed by atoms with Gasteiger partial charge in [0.1, 0.15) is 17.1 Å². The number of β-amino-alcohol motifs (C(OH)–C–C–N with tert-alkyl or cyclic N) is 1. The number of nitriles is 1. The Bertz CT molecular complexity index is 979. The van der Waals surface area contributed by atoms with Crippen LogP contribution in [0.5, 0.6) is 0 Å². The van der Waals surface area contributed by atoms with Crippen LogP contribution in [-0.4, -0.2) is 52.6 Å². The van der Waals surface area contributed by atoms with Crippen molar-refractivity contribution in [2.75, 3.05) is 11.9 Å². The molecule has 5 aliphatic rings. The summed E-state index contributed by atoms with van der Waals surface area (Å²) in [7, 11) is 0. The summed E-state index contributed by atoms with van der Waals surface area (Å²) in [6.45, 7) is 1.59. The highest BCUT2D eigenvalue weighted by atomic mass is 32.1. The zero-order valence-electron chi connectivity index (χ0n) is 18.7. The van der Waals surface area contributed by atoms with Crippen LogP contribution in [0, 0.1) is 34.5 Å². The molecule has 6 rings (SSSR count). The molecule has 0 radical (unpaired) electrons. The molecule has 2 heterocycles. The van der Waals surface area contributed by atoms with Gasteiger partial charge in [0.25, 0.3) is 5.91 Å². The molecule has 176 valence electrons. The van der Waals surface area contributed by atoms with E-state index in [2.05, 4.69) is 5.32 Å². The van der Waals surface area contributed by atoms with Gasteiger partial charge in [-0.2, -0.15) is 5.26 Å². The first-order valence-corrected chi connectivity index (χ1v) is 12.6. The second kappa shape index (κ2) is 8.41. The van der Waals surface area contributed by atoms with Crippen molar-refractivity contribution < 1.29 is 24.2 Å². The second-order valence-electron chi connectivity index (χ2n) is 10.4. The number of hydrogen-bond donors (Lipinski definition) is 2. The minimum Gasteiger partial charge on any atom is -0.451 e. The van der Waals surface area contributed by atoms with E-state index in [1.807, 2.05) is 6.07 Å². The van der Waals surface area contributed by atoms with Gasteiger partial charge < -0.3 is 20.1 Å². The normalized spacial score (nSPS) is 35.2. The van der Waals surface area contributed by atoms with Gasteiger partial charge in [-0.25, -0.2) is 4.79 Å². The first kappa shape index (κ1) is 22.4. The molecule has 3 unspecified atom stereocenters. The number of amides is 2. The highest BCUT2D eigenvalue weighted by molar-refractivity contribution is 7.14. The van der Waals surface area contributed by atoms with Crippen molar-refractivity contribution in [2.24, 2.45) is 23.2 Å². The van der Waals surface area contributed by atoms with Crippen LogP contribution in [0.4, 0.5) is 5.00 Å². The van der Waals surface area contributed by atoms with Crippen LogP contribution < -0.4 is 5.32 Å². The smallest absolute Gasteiger partial charge is 0.329 e. The van der Waals surface area contributed by atoms with E-state index in [1.54, 1.807) is 11.4 Å². The summed E-state index contributed by atoms with van der Waals surface area (Å²) in [5.74, 6) is 0.556. The van der Waals surface area contributed by atoms with E-state index < -0.39 is 35.5 Å². The van der Waals surface area contributed by atoms with Gasteiger partial charge in [-0.05, 0) is 74.6 Å². The van der Waals surface area contributed by atoms with Crippen LogP contribution >= 0.6 is 11.3 Å². The maximum Gasteiger partial charge on any atom is 0.329 e. The number of ether oxygens (including phenoxy) is 1. The molecule has 5 fully saturated rings. The molecule has 0 spiro atoms. The van der Waals surface area contributed by atoms with Crippen LogP contribution in [0.3, 0.4) is 0 Å². The highest BCUT2D eigenvalue weighted by Gasteiger charge is 2.57. The fourth-order valence-electron chi connectivity index (χ4n) is 6.95. The van der Waals surface area contributed by atoms with Crippen molar-refractivity contribution in [1.29, 1.82) is 5.26 Å². The summed E-state index contributed by atoms with van der Waals surface area (Å²) < 4.78 is 5.43. The number of hydrogen-bond acceptors (Lipinski definition) is 7. The zero-order chi connectivity index (χ0) is 23.3. The first-order chi connectivity index (χ1) is 15.8. The predicted octanol–water partition coefficient (Wildman–Crippen LogP) is 2.67. The van der Waals surface area contributed by atoms with Crippen molar-refractivity contribution in [3.63, 3.8) is 0 Å². The third-order valence-electron chi connectivity index (χ3n) is 7.99. The third kappa shape index (κ3) is 4.04. The summed E-state index contributed by atoms with van der Waals surface area (Å²) >= 11 is 1.21. The lowest BCUT2D eigenvalue weighted by molar-refractivity contribution is -0.168. The molecule has 3 atom stereocenters. The lowest BCUT2D eigenvalue weighted by Gasteiger charge is -2.56. The van der Waals surface area contributed by atoms with E-state index in [9.17, 15) is 19.5 Å². The molecular formula is C24H29N3O5S. The largest absolute Gasteiger partial charge is 0.451 e. The van der Waals surface area contributed by atoms with Gasteiger partial charge in [-0.3, -0.25) is 9.59 Å². The maximum atomic E-state index is 13.8. The van der Waals surface area contributed by atoms with Crippen LogP contribution in [0.2, 0.25) is 0 Å². The van der Waals surface area contributed by atoms with Crippen LogP contribution in [0.25, 0.3) is 0 Å². The summed E-state index contributed by atoms with van der Waals surface area (Å²) in [5.41, 5.74) is -0.0640. The van der Waals surface area contributed by atoms with Gasteiger partial charge in [-0.15, -0.1) is 11.3 Å². The second-order valence-corrected chi connectivity index (χ2v) is 11.3. The van der Waals surface area contributed by atoms with E-state index >= 15 is 0 Å². The summed E-state index contributed by atoms with van der Waals surface area (Å²) in [6, 6.07) is 2.72. The fraction of sp³-hybridized carbons (Fsp3) is 0.667. The standard InChI is InChI=1S/C24H29N3O5S/c1-13(20(29)26-21-17(11-25)2-3-33-21)32-22(30)19-7-18(28)12-27(19)23(31)24-8-14-4-15(9-24)6-16(5-14)10-24/h2-3,13-16,18-19,28H,4-10,12H2,1H3,(H,26,29). The Hall–Kier alpha value is -2.44. The average Bonchev–Trinajstić information content (AvgIpc) is 3.38. The Morgan fingerprint density at radius 1 is 1.21 bits per heavy atom. The van der Waals surface area contributed by atoms with E-state index in [0.717, 1.165) is 19.3 Å². The molecule has 1 aromatic heterocycles. The molecular weight excluding hydrogens is 442 g/mol. The lowest BCUT2D eigenvalue weighted by atomic mass is 9.49. The number of rotatable bonds is 5. The Balaban J connectivity index is 1.26. The summed E-state index contributed by atoms with van der Waals surface area (Å²) in [5, 5.41) is 24.1. The van der Waals surface area contributed by atoms with Crippen LogP contribution in [-0.2, 0) is 19.1 Å². The van der Waals surface area contributed by atoms with Gasteiger partial charge in [-0.1, -0.05) is 0 Å². The Labute approximate surface area is 196 Å². The molecule has 8 nitrogen and oxygen atoms in total. The first-order valence-electron chi connectivity index (χ1n) is 11.8. The zero-order valence-corrected chi connectivity index (χ0v) is 19.5. The Kier molecular flexibility index (Phi) is 5.69. The molecule has 0 aromatic carbocycles. The number of carbonyl (C=O) groups excluding carboxylic acids is 3. The number of anilines is 1. The molecule has 9 heteroatoms. The number of aliphatic hydroxyl groups excluding tert-OH is 1. The van der Waals surface area contributed by atoms with Gasteiger partial charge in [0.2, 0.25) is 5.91 Å². The molecule has 4 saturated carbocycles. The number of carbonyl (C=O) groups is 3.